The van der Waals surface area contributed by atoms with Crippen molar-refractivity contribution in [1.29, 1.82) is 0 Å². The topological polar surface area (TPSA) is 92.9 Å². The third-order valence-corrected chi connectivity index (χ3v) is 4.75. The summed E-state index contributed by atoms with van der Waals surface area (Å²) in [4.78, 5) is 24.5. The number of aromatic nitrogens is 5. The van der Waals surface area contributed by atoms with Crippen LogP contribution in [0.25, 0.3) is 16.4 Å². The molecule has 0 amide bonds. The van der Waals surface area contributed by atoms with Gasteiger partial charge in [-0.3, -0.25) is 4.98 Å². The molecule has 11 heteroatoms. The van der Waals surface area contributed by atoms with Crippen LogP contribution in [0.5, 0.6) is 0 Å². The van der Waals surface area contributed by atoms with Gasteiger partial charge in [0.05, 0.1) is 0 Å². The second-order valence-electron chi connectivity index (χ2n) is 7.71. The zero-order valence-corrected chi connectivity index (χ0v) is 17.3. The molecule has 0 aliphatic heterocycles. The van der Waals surface area contributed by atoms with Crippen LogP contribution in [0.2, 0.25) is 0 Å². The fourth-order valence-corrected chi connectivity index (χ4v) is 3.02. The van der Waals surface area contributed by atoms with Crippen LogP contribution in [0.3, 0.4) is 0 Å². The summed E-state index contributed by atoms with van der Waals surface area (Å²) in [7, 11) is 0. The van der Waals surface area contributed by atoms with Crippen molar-refractivity contribution in [2.24, 2.45) is 0 Å². The molecule has 3 aromatic heterocycles. The van der Waals surface area contributed by atoms with Crippen molar-refractivity contribution < 1.29 is 13.2 Å². The van der Waals surface area contributed by atoms with E-state index in [0.717, 1.165) is 18.9 Å². The first-order chi connectivity index (χ1) is 15.2. The van der Waals surface area contributed by atoms with E-state index in [-0.39, 0.29) is 29.5 Å². The first kappa shape index (κ1) is 21.4. The maximum Gasteiger partial charge on any atom is 0.433 e. The number of nitrogens with zero attached hydrogens (tertiary/aromatic N) is 6. The number of pyridine rings is 2. The maximum atomic E-state index is 13.1. The maximum absolute atomic E-state index is 13.1. The van der Waals surface area contributed by atoms with Crippen molar-refractivity contribution in [3.8, 4) is 11.5 Å². The van der Waals surface area contributed by atoms with Crippen molar-refractivity contribution in [3.05, 3.63) is 59.3 Å². The summed E-state index contributed by atoms with van der Waals surface area (Å²) in [6, 6.07) is 6.99. The van der Waals surface area contributed by atoms with Crippen LogP contribution in [0, 0.1) is 6.57 Å². The van der Waals surface area contributed by atoms with E-state index >= 15 is 0 Å². The van der Waals surface area contributed by atoms with Crippen LogP contribution >= 0.6 is 0 Å². The minimum absolute atomic E-state index is 0.00847. The molecule has 3 heterocycles. The molecule has 0 bridgehead atoms. The lowest BCUT2D eigenvalue weighted by Crippen LogP contribution is -2.15. The second kappa shape index (κ2) is 8.03. The fourth-order valence-electron chi connectivity index (χ4n) is 3.02. The highest BCUT2D eigenvalue weighted by molar-refractivity contribution is 5.59. The Morgan fingerprint density at radius 2 is 1.81 bits per heavy atom. The Bertz CT molecular complexity index is 1180. The molecular weight excluding hydrogens is 421 g/mol. The number of rotatable bonds is 6. The fraction of sp³-hybridized carbons (Fsp3) is 0.333. The normalized spacial score (nSPS) is 14.7. The Balaban J connectivity index is 1.71. The van der Waals surface area contributed by atoms with Gasteiger partial charge in [0.15, 0.2) is 5.82 Å². The number of hydrogen-bond donors (Lipinski definition) is 2. The lowest BCUT2D eigenvalue weighted by atomic mass is 10.1. The number of anilines is 3. The van der Waals surface area contributed by atoms with Crippen molar-refractivity contribution in [3.63, 3.8) is 0 Å². The lowest BCUT2D eigenvalue weighted by Gasteiger charge is -2.13. The Morgan fingerprint density at radius 1 is 1.06 bits per heavy atom. The molecule has 164 valence electrons. The minimum atomic E-state index is -4.59. The van der Waals surface area contributed by atoms with E-state index in [0.29, 0.717) is 11.4 Å². The lowest BCUT2D eigenvalue weighted by molar-refractivity contribution is -0.141. The van der Waals surface area contributed by atoms with Gasteiger partial charge in [0, 0.05) is 30.8 Å². The highest BCUT2D eigenvalue weighted by atomic mass is 19.4. The van der Waals surface area contributed by atoms with Gasteiger partial charge in [-0.15, -0.1) is 0 Å². The molecule has 1 aliphatic carbocycles. The van der Waals surface area contributed by atoms with E-state index in [1.54, 1.807) is 18.3 Å². The van der Waals surface area contributed by atoms with E-state index < -0.39 is 17.4 Å². The summed E-state index contributed by atoms with van der Waals surface area (Å²) in [5.41, 5.74) is -0.372. The third-order valence-electron chi connectivity index (χ3n) is 4.75. The van der Waals surface area contributed by atoms with Crippen LogP contribution in [-0.2, 0) is 11.7 Å². The number of nitrogens with one attached hydrogen (secondary N) is 2. The molecule has 1 aliphatic rings. The molecule has 4 rings (SSSR count). The molecule has 1 saturated carbocycles. The minimum Gasteiger partial charge on any atom is -0.352 e. The highest BCUT2D eigenvalue weighted by Crippen LogP contribution is 2.49. The van der Waals surface area contributed by atoms with Crippen LogP contribution < -0.4 is 10.6 Å². The van der Waals surface area contributed by atoms with Gasteiger partial charge in [-0.1, -0.05) is 6.07 Å². The van der Waals surface area contributed by atoms with Gasteiger partial charge >= 0.3 is 6.18 Å². The highest BCUT2D eigenvalue weighted by Gasteiger charge is 2.54. The molecule has 32 heavy (non-hydrogen) atoms. The Morgan fingerprint density at radius 3 is 2.47 bits per heavy atom. The van der Waals surface area contributed by atoms with Gasteiger partial charge in [0.1, 0.15) is 17.1 Å². The predicted molar refractivity (Wildman–Crippen MR) is 112 cm³/mol. The predicted octanol–water partition coefficient (Wildman–Crippen LogP) is 4.82. The molecule has 0 radical (unpaired) electrons. The zero-order chi connectivity index (χ0) is 22.9. The van der Waals surface area contributed by atoms with Crippen LogP contribution in [0.4, 0.5) is 30.8 Å². The number of hydrogen-bond acceptors (Lipinski definition) is 7. The summed E-state index contributed by atoms with van der Waals surface area (Å²) in [5.74, 6) is 0.314. The van der Waals surface area contributed by atoms with Crippen molar-refractivity contribution in [2.75, 3.05) is 10.6 Å². The Labute approximate surface area is 182 Å². The molecular formula is C21H19F3N8. The molecule has 0 spiro atoms. The molecule has 0 unspecified atom stereocenters. The van der Waals surface area contributed by atoms with E-state index in [2.05, 4.69) is 40.4 Å². The molecule has 3 aromatic rings. The van der Waals surface area contributed by atoms with E-state index in [4.69, 9.17) is 6.57 Å². The van der Waals surface area contributed by atoms with Gasteiger partial charge in [-0.2, -0.15) is 28.1 Å². The Kier molecular flexibility index (Phi) is 5.38. The summed E-state index contributed by atoms with van der Waals surface area (Å²) in [5, 5.41) is 6.08. The van der Waals surface area contributed by atoms with Crippen molar-refractivity contribution in [2.45, 2.75) is 44.4 Å². The summed E-state index contributed by atoms with van der Waals surface area (Å²) < 4.78 is 39.3. The largest absolute Gasteiger partial charge is 0.433 e. The molecule has 8 nitrogen and oxygen atoms in total. The molecule has 2 N–H and O–H groups in total. The third kappa shape index (κ3) is 4.59. The van der Waals surface area contributed by atoms with E-state index in [9.17, 15) is 13.2 Å². The smallest absolute Gasteiger partial charge is 0.352 e. The first-order valence-electron chi connectivity index (χ1n) is 9.88. The van der Waals surface area contributed by atoms with Crippen molar-refractivity contribution >= 4 is 17.6 Å². The van der Waals surface area contributed by atoms with Crippen LogP contribution in [0.1, 0.15) is 38.1 Å². The van der Waals surface area contributed by atoms with Gasteiger partial charge in [0.2, 0.25) is 11.9 Å². The molecule has 0 saturated heterocycles. The SMILES string of the molecule is [C-]#[N+]C1(c2cc(Nc3nc(NC(C)C)nc(-c4cccc(C(F)(F)F)n4)n3)ccn2)CC1. The van der Waals surface area contributed by atoms with Gasteiger partial charge in [-0.05, 0) is 38.1 Å². The summed E-state index contributed by atoms with van der Waals surface area (Å²) >= 11 is 0. The van der Waals surface area contributed by atoms with Gasteiger partial charge < -0.3 is 15.5 Å². The first-order valence-corrected chi connectivity index (χ1v) is 9.88. The van der Waals surface area contributed by atoms with Crippen molar-refractivity contribution in [1.82, 2.24) is 24.9 Å². The Hall–Kier alpha value is -3.81. The standard InChI is InChI=1S/C21H19F3N8/c1-12(2)27-18-30-17(14-5-4-6-15(29-14)21(22,23)24)31-19(32-18)28-13-7-10-26-16(11-13)20(25-3)8-9-20/h4-7,10-12H,8-9H2,1-2H3,(H2,26,27,28,30,31,32). The second-order valence-corrected chi connectivity index (χ2v) is 7.71. The van der Waals surface area contributed by atoms with Gasteiger partial charge in [-0.25, -0.2) is 11.6 Å². The number of alkyl halides is 3. The molecule has 1 fully saturated rings. The monoisotopic (exact) mass is 440 g/mol. The number of halogens is 3. The molecule has 0 atom stereocenters. The van der Waals surface area contributed by atoms with E-state index in [1.807, 2.05) is 13.8 Å². The summed E-state index contributed by atoms with van der Waals surface area (Å²) in [6.45, 7) is 11.2. The molecule has 0 aromatic carbocycles. The zero-order valence-electron chi connectivity index (χ0n) is 17.3. The quantitative estimate of drug-likeness (QED) is 0.531. The average molecular weight is 440 g/mol. The summed E-state index contributed by atoms with van der Waals surface area (Å²) in [6.07, 6.45) is -1.48. The van der Waals surface area contributed by atoms with Gasteiger partial charge in [0.25, 0.3) is 5.54 Å². The van der Waals surface area contributed by atoms with E-state index in [1.165, 1.54) is 12.1 Å². The average Bonchev–Trinajstić information content (AvgIpc) is 3.54. The van der Waals surface area contributed by atoms with Crippen LogP contribution in [-0.4, -0.2) is 31.0 Å². The van der Waals surface area contributed by atoms with Crippen LogP contribution in [0.15, 0.2) is 36.5 Å².